The highest BCUT2D eigenvalue weighted by Crippen LogP contribution is 2.11. The van der Waals surface area contributed by atoms with Crippen molar-refractivity contribution in [1.29, 1.82) is 0 Å². The van der Waals surface area contributed by atoms with Gasteiger partial charge in [0.25, 0.3) is 0 Å². The van der Waals surface area contributed by atoms with E-state index in [1.54, 1.807) is 48.5 Å². The van der Waals surface area contributed by atoms with Gasteiger partial charge in [0, 0.05) is 0 Å². The first-order valence-corrected chi connectivity index (χ1v) is 11.6. The van der Waals surface area contributed by atoms with Crippen molar-refractivity contribution in [2.24, 2.45) is 11.8 Å². The molecule has 0 saturated carbocycles. The highest BCUT2D eigenvalue weighted by molar-refractivity contribution is 5.93. The zero-order chi connectivity index (χ0) is 26.1. The Morgan fingerprint density at radius 1 is 0.853 bits per heavy atom. The number of rotatable bonds is 11. The van der Waals surface area contributed by atoms with Gasteiger partial charge < -0.3 is 25.8 Å². The third-order valence-corrected chi connectivity index (χ3v) is 5.05. The van der Waals surface area contributed by atoms with Crippen molar-refractivity contribution in [2.45, 2.75) is 85.0 Å². The Bertz CT molecular complexity index is 833. The number of aliphatic carboxylic acids is 1. The summed E-state index contributed by atoms with van der Waals surface area (Å²) in [5, 5.41) is 17.4. The maximum Gasteiger partial charge on any atom is 0.408 e. The zero-order valence-corrected chi connectivity index (χ0v) is 21.2. The van der Waals surface area contributed by atoms with Gasteiger partial charge in [-0.3, -0.25) is 9.59 Å². The maximum atomic E-state index is 13.0. The van der Waals surface area contributed by atoms with E-state index in [1.807, 2.05) is 30.3 Å². The molecule has 1 aromatic carbocycles. The molecule has 3 atom stereocenters. The lowest BCUT2D eigenvalue weighted by molar-refractivity contribution is -0.142. The summed E-state index contributed by atoms with van der Waals surface area (Å²) in [7, 11) is 0. The monoisotopic (exact) mass is 477 g/mol. The highest BCUT2D eigenvalue weighted by Gasteiger charge is 2.33. The largest absolute Gasteiger partial charge is 0.480 e. The summed E-state index contributed by atoms with van der Waals surface area (Å²) in [5.74, 6) is -2.89. The van der Waals surface area contributed by atoms with Crippen LogP contribution in [0.15, 0.2) is 30.3 Å². The molecule has 3 amide bonds. The van der Waals surface area contributed by atoms with Crippen molar-refractivity contribution in [1.82, 2.24) is 16.0 Å². The smallest absolute Gasteiger partial charge is 0.408 e. The van der Waals surface area contributed by atoms with Crippen LogP contribution in [0.4, 0.5) is 4.79 Å². The van der Waals surface area contributed by atoms with E-state index in [9.17, 15) is 24.3 Å². The number of hydrogen-bond acceptors (Lipinski definition) is 5. The van der Waals surface area contributed by atoms with Crippen LogP contribution in [0.1, 0.15) is 60.5 Å². The molecular weight excluding hydrogens is 438 g/mol. The van der Waals surface area contributed by atoms with Crippen molar-refractivity contribution < 1.29 is 29.0 Å². The number of nitrogens with one attached hydrogen (secondary N) is 3. The first kappa shape index (κ1) is 28.9. The van der Waals surface area contributed by atoms with Crippen molar-refractivity contribution >= 4 is 23.9 Å². The fourth-order valence-electron chi connectivity index (χ4n) is 3.22. The van der Waals surface area contributed by atoms with E-state index in [-0.39, 0.29) is 18.3 Å². The van der Waals surface area contributed by atoms with Crippen molar-refractivity contribution in [3.63, 3.8) is 0 Å². The number of amides is 3. The zero-order valence-electron chi connectivity index (χ0n) is 21.2. The van der Waals surface area contributed by atoms with Gasteiger partial charge in [0.1, 0.15) is 23.7 Å². The molecule has 0 spiro atoms. The van der Waals surface area contributed by atoms with Gasteiger partial charge in [-0.2, -0.15) is 0 Å². The Morgan fingerprint density at radius 2 is 1.35 bits per heavy atom. The molecule has 34 heavy (non-hydrogen) atoms. The Kier molecular flexibility index (Phi) is 11.0. The van der Waals surface area contributed by atoms with E-state index < -0.39 is 47.6 Å². The van der Waals surface area contributed by atoms with Crippen LogP contribution >= 0.6 is 0 Å². The number of carbonyl (C=O) groups is 4. The van der Waals surface area contributed by atoms with E-state index >= 15 is 0 Å². The van der Waals surface area contributed by atoms with Gasteiger partial charge >= 0.3 is 12.1 Å². The van der Waals surface area contributed by atoms with Crippen molar-refractivity contribution in [2.75, 3.05) is 0 Å². The second-order valence-corrected chi connectivity index (χ2v) is 10.0. The molecule has 9 heteroatoms. The summed E-state index contributed by atoms with van der Waals surface area (Å²) in [6.07, 6.45) is -0.0521. The van der Waals surface area contributed by atoms with Crippen molar-refractivity contribution in [3.05, 3.63) is 35.9 Å². The van der Waals surface area contributed by atoms with E-state index in [4.69, 9.17) is 4.74 Å². The first-order chi connectivity index (χ1) is 15.7. The predicted molar refractivity (Wildman–Crippen MR) is 129 cm³/mol. The fourth-order valence-corrected chi connectivity index (χ4v) is 3.22. The predicted octanol–water partition coefficient (Wildman–Crippen LogP) is 2.88. The Balaban J connectivity index is 2.86. The third-order valence-electron chi connectivity index (χ3n) is 5.05. The third kappa shape index (κ3) is 10.2. The van der Waals surface area contributed by atoms with Gasteiger partial charge in [-0.15, -0.1) is 0 Å². The minimum Gasteiger partial charge on any atom is -0.480 e. The Morgan fingerprint density at radius 3 is 1.82 bits per heavy atom. The number of carbonyl (C=O) groups excluding carboxylic acids is 3. The fraction of sp³-hybridized carbons (Fsp3) is 0.600. The number of alkyl carbamates (subject to hydrolysis) is 1. The molecular formula is C25H39N3O6. The number of benzene rings is 1. The molecule has 1 rings (SSSR count). The van der Waals surface area contributed by atoms with Crippen LogP contribution in [0.3, 0.4) is 0 Å². The molecule has 0 aliphatic heterocycles. The van der Waals surface area contributed by atoms with Gasteiger partial charge in [0.15, 0.2) is 0 Å². The number of aryl methyl sites for hydroxylation is 1. The van der Waals surface area contributed by atoms with Gasteiger partial charge in [0.05, 0.1) is 0 Å². The molecule has 0 bridgehead atoms. The van der Waals surface area contributed by atoms with Crippen molar-refractivity contribution in [3.8, 4) is 0 Å². The number of hydrogen-bond donors (Lipinski definition) is 4. The average molecular weight is 478 g/mol. The molecule has 0 saturated heterocycles. The van der Waals surface area contributed by atoms with Crippen LogP contribution in [0.2, 0.25) is 0 Å². The highest BCUT2D eigenvalue weighted by atomic mass is 16.6. The molecule has 4 N–H and O–H groups in total. The van der Waals surface area contributed by atoms with Crippen LogP contribution < -0.4 is 16.0 Å². The molecule has 0 heterocycles. The molecule has 0 unspecified atom stereocenters. The van der Waals surface area contributed by atoms with Gasteiger partial charge in [-0.1, -0.05) is 58.0 Å². The quantitative estimate of drug-likeness (QED) is 0.387. The number of ether oxygens (including phenoxy) is 1. The molecule has 0 fully saturated rings. The summed E-state index contributed by atoms with van der Waals surface area (Å²) < 4.78 is 5.24. The Hall–Kier alpha value is -3.10. The van der Waals surface area contributed by atoms with Gasteiger partial charge in [-0.25, -0.2) is 9.59 Å². The standard InChI is InChI=1S/C25H39N3O6/c1-15(2)19(27-22(30)20(16(3)4)28-24(33)34-25(5,6)7)21(29)26-18(23(31)32)14-13-17-11-9-8-10-12-17/h8-12,15-16,18-20H,13-14H2,1-7H3,(H,26,29)(H,27,30)(H,28,33)(H,31,32)/t18-,19-,20-/m0/s1. The average Bonchev–Trinajstić information content (AvgIpc) is 2.71. The maximum absolute atomic E-state index is 13.0. The molecule has 0 aromatic heterocycles. The molecule has 190 valence electrons. The molecule has 9 nitrogen and oxygen atoms in total. The minimum absolute atomic E-state index is 0.207. The van der Waals surface area contributed by atoms with E-state index in [0.717, 1.165) is 5.56 Å². The Labute approximate surface area is 202 Å². The summed E-state index contributed by atoms with van der Waals surface area (Å²) in [6.45, 7) is 12.2. The molecule has 0 aliphatic carbocycles. The topological polar surface area (TPSA) is 134 Å². The van der Waals surface area contributed by atoms with E-state index in [0.29, 0.717) is 6.42 Å². The summed E-state index contributed by atoms with van der Waals surface area (Å²) in [4.78, 5) is 49.8. The second-order valence-electron chi connectivity index (χ2n) is 10.0. The molecule has 1 aromatic rings. The lowest BCUT2D eigenvalue weighted by Gasteiger charge is -2.28. The number of carboxylic acids is 1. The van der Waals surface area contributed by atoms with E-state index in [2.05, 4.69) is 16.0 Å². The lowest BCUT2D eigenvalue weighted by Crippen LogP contribution is -2.58. The van der Waals surface area contributed by atoms with Crippen LogP contribution in [0.25, 0.3) is 0 Å². The molecule has 0 aliphatic rings. The molecule has 0 radical (unpaired) electrons. The first-order valence-electron chi connectivity index (χ1n) is 11.6. The SMILES string of the molecule is CC(C)[C@H](NC(=O)OC(C)(C)C)C(=O)N[C@H](C(=O)N[C@@H](CCc1ccccc1)C(=O)O)C(C)C. The minimum atomic E-state index is -1.15. The van der Waals surface area contributed by atoms with Gasteiger partial charge in [-0.05, 0) is 51.0 Å². The lowest BCUT2D eigenvalue weighted by atomic mass is 9.99. The van der Waals surface area contributed by atoms with Crippen LogP contribution in [-0.4, -0.2) is 52.7 Å². The van der Waals surface area contributed by atoms with Crippen LogP contribution in [0.5, 0.6) is 0 Å². The number of carboxylic acid groups (broad SMARTS) is 1. The summed E-state index contributed by atoms with van der Waals surface area (Å²) in [6, 6.07) is 6.37. The van der Waals surface area contributed by atoms with E-state index in [1.165, 1.54) is 0 Å². The summed E-state index contributed by atoms with van der Waals surface area (Å²) in [5.41, 5.74) is 0.235. The van der Waals surface area contributed by atoms with Gasteiger partial charge in [0.2, 0.25) is 11.8 Å². The van der Waals surface area contributed by atoms with Crippen LogP contribution in [-0.2, 0) is 25.5 Å². The second kappa shape index (κ2) is 13.0. The normalized spacial score (nSPS) is 14.1. The summed E-state index contributed by atoms with van der Waals surface area (Å²) >= 11 is 0. The van der Waals surface area contributed by atoms with Crippen LogP contribution in [0, 0.1) is 11.8 Å².